The van der Waals surface area contributed by atoms with Gasteiger partial charge in [0.1, 0.15) is 5.82 Å². The number of sulfone groups is 1. The molecule has 10 nitrogen and oxygen atoms in total. The molecule has 0 spiro atoms. The summed E-state index contributed by atoms with van der Waals surface area (Å²) in [5.41, 5.74) is 0.723. The number of nitrogens with one attached hydrogen (secondary N) is 1. The van der Waals surface area contributed by atoms with Gasteiger partial charge in [-0.3, -0.25) is 14.3 Å². The van der Waals surface area contributed by atoms with E-state index in [4.69, 9.17) is 0 Å². The Morgan fingerprint density at radius 2 is 1.83 bits per heavy atom. The Labute approximate surface area is 171 Å². The van der Waals surface area contributed by atoms with Crippen molar-refractivity contribution < 1.29 is 8.42 Å². The van der Waals surface area contributed by atoms with Crippen LogP contribution in [0.3, 0.4) is 0 Å². The van der Waals surface area contributed by atoms with E-state index in [9.17, 15) is 18.0 Å². The highest BCUT2D eigenvalue weighted by Gasteiger charge is 2.22. The molecule has 1 aromatic carbocycles. The van der Waals surface area contributed by atoms with Gasteiger partial charge in [0, 0.05) is 19.8 Å². The highest BCUT2D eigenvalue weighted by atomic mass is 32.2. The quantitative estimate of drug-likeness (QED) is 0.487. The Hall–Kier alpha value is -3.21. The molecule has 30 heavy (non-hydrogen) atoms. The first-order chi connectivity index (χ1) is 14.2. The number of hydrogen-bond acceptors (Lipinski definition) is 6. The first-order valence-electron chi connectivity index (χ1n) is 9.56. The van der Waals surface area contributed by atoms with E-state index < -0.39 is 21.1 Å². The van der Waals surface area contributed by atoms with Gasteiger partial charge in [0.05, 0.1) is 17.6 Å². The van der Waals surface area contributed by atoms with Crippen molar-refractivity contribution in [1.29, 1.82) is 0 Å². The molecule has 0 fully saturated rings. The molecule has 0 atom stereocenters. The van der Waals surface area contributed by atoms with Gasteiger partial charge in [-0.2, -0.15) is 0 Å². The number of aromatic amines is 1. The molecule has 0 saturated heterocycles. The summed E-state index contributed by atoms with van der Waals surface area (Å²) in [6.45, 7) is 2.52. The van der Waals surface area contributed by atoms with E-state index in [0.29, 0.717) is 29.0 Å². The summed E-state index contributed by atoms with van der Waals surface area (Å²) in [5, 5.41) is -0.0759. The molecule has 0 radical (unpaired) electrons. The molecule has 11 heteroatoms. The van der Waals surface area contributed by atoms with Crippen LogP contribution in [0.4, 0.5) is 0 Å². The van der Waals surface area contributed by atoms with Crippen molar-refractivity contribution >= 4 is 32.0 Å². The van der Waals surface area contributed by atoms with Gasteiger partial charge in [-0.1, -0.05) is 25.5 Å². The molecule has 158 valence electrons. The largest absolute Gasteiger partial charge is 0.330 e. The number of aromatic nitrogens is 6. The predicted octanol–water partition coefficient (Wildman–Crippen LogP) is 1.02. The molecule has 3 heterocycles. The van der Waals surface area contributed by atoms with Gasteiger partial charge in [0.25, 0.3) is 5.56 Å². The summed E-state index contributed by atoms with van der Waals surface area (Å²) < 4.78 is 29.3. The predicted molar refractivity (Wildman–Crippen MR) is 112 cm³/mol. The van der Waals surface area contributed by atoms with Crippen molar-refractivity contribution in [1.82, 2.24) is 28.7 Å². The second-order valence-electron chi connectivity index (χ2n) is 7.27. The Morgan fingerprint density at radius 3 is 2.53 bits per heavy atom. The average Bonchev–Trinajstić information content (AvgIpc) is 3.21. The molecule has 0 unspecified atom stereocenters. The summed E-state index contributed by atoms with van der Waals surface area (Å²) in [5.74, 6) is 0.444. The lowest BCUT2D eigenvalue weighted by molar-refractivity contribution is 0.576. The van der Waals surface area contributed by atoms with Crippen LogP contribution in [-0.4, -0.2) is 43.3 Å². The Balaban J connectivity index is 1.95. The van der Waals surface area contributed by atoms with Gasteiger partial charge in [0.15, 0.2) is 11.2 Å². The number of aryl methyl sites for hydroxylation is 2. The van der Waals surface area contributed by atoms with Crippen LogP contribution in [0.1, 0.15) is 25.6 Å². The highest BCUT2D eigenvalue weighted by Crippen LogP contribution is 2.21. The van der Waals surface area contributed by atoms with E-state index in [1.165, 1.54) is 4.57 Å². The Bertz CT molecular complexity index is 1490. The van der Waals surface area contributed by atoms with Crippen molar-refractivity contribution in [2.24, 2.45) is 7.05 Å². The molecule has 4 rings (SSSR count). The molecule has 0 amide bonds. The van der Waals surface area contributed by atoms with E-state index in [0.717, 1.165) is 19.1 Å². The molecule has 1 N–H and O–H groups in total. The van der Waals surface area contributed by atoms with Crippen molar-refractivity contribution in [3.8, 4) is 0 Å². The minimum absolute atomic E-state index is 0.0759. The van der Waals surface area contributed by atoms with Crippen molar-refractivity contribution in [3.63, 3.8) is 0 Å². The first-order valence-corrected chi connectivity index (χ1v) is 11.4. The maximum atomic E-state index is 12.5. The zero-order valence-electron chi connectivity index (χ0n) is 16.9. The molecule has 0 bridgehead atoms. The van der Waals surface area contributed by atoms with Crippen LogP contribution in [0.5, 0.6) is 0 Å². The molecule has 0 aliphatic carbocycles. The number of para-hydroxylation sites is 2. The number of imidazole rings is 2. The van der Waals surface area contributed by atoms with Crippen molar-refractivity contribution in [3.05, 3.63) is 50.9 Å². The smallest absolute Gasteiger partial charge is 0.324 e. The summed E-state index contributed by atoms with van der Waals surface area (Å²) >= 11 is 0. The molecule has 0 aliphatic heterocycles. The van der Waals surface area contributed by atoms with Gasteiger partial charge < -0.3 is 9.13 Å². The van der Waals surface area contributed by atoms with E-state index >= 15 is 0 Å². The summed E-state index contributed by atoms with van der Waals surface area (Å²) in [7, 11) is -1.93. The van der Waals surface area contributed by atoms with Crippen LogP contribution in [0.2, 0.25) is 0 Å². The topological polar surface area (TPSA) is 125 Å². The maximum Gasteiger partial charge on any atom is 0.330 e. The molecule has 0 saturated carbocycles. The summed E-state index contributed by atoms with van der Waals surface area (Å²) in [6.07, 6.45) is 2.75. The van der Waals surface area contributed by atoms with Crippen LogP contribution in [-0.2, 0) is 30.0 Å². The minimum atomic E-state index is -3.60. The number of benzene rings is 1. The maximum absolute atomic E-state index is 12.5. The number of rotatable bonds is 6. The van der Waals surface area contributed by atoms with Gasteiger partial charge in [0.2, 0.25) is 15.0 Å². The number of fused-ring (bicyclic) bond motifs is 2. The number of H-pyrrole nitrogens is 1. The second-order valence-corrected chi connectivity index (χ2v) is 9.17. The van der Waals surface area contributed by atoms with Crippen LogP contribution in [0, 0.1) is 0 Å². The zero-order valence-corrected chi connectivity index (χ0v) is 17.7. The molecule has 0 aliphatic rings. The SMILES string of the molecule is CCCCn1c(=O)[nH]c(=O)c2c1nc(Cn1c(S(C)(=O)=O)nc3ccccc31)n2C. The van der Waals surface area contributed by atoms with Crippen molar-refractivity contribution in [2.75, 3.05) is 6.26 Å². The van der Waals surface area contributed by atoms with Gasteiger partial charge >= 0.3 is 5.69 Å². The van der Waals surface area contributed by atoms with E-state index in [-0.39, 0.29) is 17.2 Å². The lowest BCUT2D eigenvalue weighted by atomic mass is 10.3. The third-order valence-electron chi connectivity index (χ3n) is 5.09. The average molecular weight is 430 g/mol. The van der Waals surface area contributed by atoms with Crippen molar-refractivity contribution in [2.45, 2.75) is 38.0 Å². The monoisotopic (exact) mass is 430 g/mol. The lowest BCUT2D eigenvalue weighted by Crippen LogP contribution is -2.31. The summed E-state index contributed by atoms with van der Waals surface area (Å²) in [6, 6.07) is 7.10. The van der Waals surface area contributed by atoms with Crippen LogP contribution < -0.4 is 11.2 Å². The fourth-order valence-corrected chi connectivity index (χ4v) is 4.41. The fraction of sp³-hybridized carbons (Fsp3) is 0.368. The standard InChI is InChI=1S/C19H22N6O4S/c1-4-5-10-24-16-15(17(26)22-18(24)27)23(2)14(21-16)11-25-13-9-7-6-8-12(13)20-19(25)30(3,28)29/h6-9H,4-5,10-11H2,1-3H3,(H,22,26,27). The minimum Gasteiger partial charge on any atom is -0.324 e. The molecule has 3 aromatic heterocycles. The number of hydrogen-bond donors (Lipinski definition) is 1. The fourth-order valence-electron chi connectivity index (χ4n) is 3.59. The first kappa shape index (κ1) is 20.1. The van der Waals surface area contributed by atoms with Crippen LogP contribution in [0.25, 0.3) is 22.2 Å². The highest BCUT2D eigenvalue weighted by molar-refractivity contribution is 7.90. The third-order valence-corrected chi connectivity index (χ3v) is 6.07. The lowest BCUT2D eigenvalue weighted by Gasteiger charge is -2.08. The van der Waals surface area contributed by atoms with E-state index in [1.807, 2.05) is 6.92 Å². The normalized spacial score (nSPS) is 12.2. The summed E-state index contributed by atoms with van der Waals surface area (Å²) in [4.78, 5) is 35.9. The Morgan fingerprint density at radius 1 is 1.10 bits per heavy atom. The molecular weight excluding hydrogens is 408 g/mol. The second kappa shape index (κ2) is 7.24. The van der Waals surface area contributed by atoms with Crippen LogP contribution in [0.15, 0.2) is 39.0 Å². The third kappa shape index (κ3) is 3.24. The molecular formula is C19H22N6O4S. The number of unbranched alkanes of at least 4 members (excludes halogenated alkanes) is 1. The van der Waals surface area contributed by atoms with Gasteiger partial charge in [-0.15, -0.1) is 0 Å². The van der Waals surface area contributed by atoms with Crippen LogP contribution >= 0.6 is 0 Å². The number of nitrogens with zero attached hydrogens (tertiary/aromatic N) is 5. The van der Waals surface area contributed by atoms with E-state index in [2.05, 4.69) is 15.0 Å². The Kier molecular flexibility index (Phi) is 4.85. The van der Waals surface area contributed by atoms with E-state index in [1.54, 1.807) is 40.4 Å². The zero-order chi connectivity index (χ0) is 21.6. The molecule has 4 aromatic rings. The van der Waals surface area contributed by atoms with Gasteiger partial charge in [-0.25, -0.2) is 23.2 Å². The van der Waals surface area contributed by atoms with Gasteiger partial charge in [-0.05, 0) is 18.6 Å².